The first-order chi connectivity index (χ1) is 17.4. The fourth-order valence-corrected chi connectivity index (χ4v) is 4.83. The predicted molar refractivity (Wildman–Crippen MR) is 132 cm³/mol. The number of carbonyl (C=O) groups excluding carboxylic acids is 2. The van der Waals surface area contributed by atoms with Crippen molar-refractivity contribution in [3.8, 4) is 17.2 Å². The zero-order valence-electron chi connectivity index (χ0n) is 20.2. The van der Waals surface area contributed by atoms with Crippen LogP contribution in [-0.4, -0.2) is 47.0 Å². The van der Waals surface area contributed by atoms with Gasteiger partial charge in [-0.3, -0.25) is 14.6 Å². The lowest BCUT2D eigenvalue weighted by atomic mass is 9.93. The zero-order valence-corrected chi connectivity index (χ0v) is 20.2. The van der Waals surface area contributed by atoms with Gasteiger partial charge in [0.15, 0.2) is 0 Å². The number of methoxy groups -OCH3 is 2. The normalized spacial score (nSPS) is 20.2. The molecule has 1 N–H and O–H groups in total. The Balaban J connectivity index is 1.69. The summed E-state index contributed by atoms with van der Waals surface area (Å²) >= 11 is 0. The van der Waals surface area contributed by atoms with Crippen LogP contribution in [0.1, 0.15) is 35.2 Å². The molecule has 36 heavy (non-hydrogen) atoms. The van der Waals surface area contributed by atoms with Gasteiger partial charge in [0, 0.05) is 36.5 Å². The van der Waals surface area contributed by atoms with Crippen molar-refractivity contribution in [2.24, 2.45) is 0 Å². The van der Waals surface area contributed by atoms with Crippen LogP contribution in [-0.2, 0) is 22.6 Å². The van der Waals surface area contributed by atoms with E-state index in [1.165, 1.54) is 19.1 Å². The maximum Gasteiger partial charge on any atom is 0.295 e. The molecule has 1 saturated heterocycles. The SMILES string of the molecule is COc1ccc(OC)c(C2/C(=C(\O)c3ccc4c(c3)CC(C)O4)C(=O)C(=O)N2Cc2ccncc2)c1. The maximum absolute atomic E-state index is 13.4. The molecule has 2 atom stereocenters. The van der Waals surface area contributed by atoms with Crippen LogP contribution in [0.2, 0.25) is 0 Å². The summed E-state index contributed by atoms with van der Waals surface area (Å²) in [6.07, 6.45) is 3.98. The molecule has 2 aliphatic heterocycles. The van der Waals surface area contributed by atoms with Crippen molar-refractivity contribution in [2.75, 3.05) is 14.2 Å². The van der Waals surface area contributed by atoms with Crippen molar-refractivity contribution >= 4 is 17.4 Å². The topological polar surface area (TPSA) is 98.2 Å². The van der Waals surface area contributed by atoms with E-state index in [-0.39, 0.29) is 24.0 Å². The Hall–Kier alpha value is -4.33. The van der Waals surface area contributed by atoms with Crippen LogP contribution in [0.4, 0.5) is 0 Å². The van der Waals surface area contributed by atoms with Crippen molar-refractivity contribution in [1.29, 1.82) is 0 Å². The molecule has 1 fully saturated rings. The standard InChI is InChI=1S/C28H26N2O6/c1-16-12-19-13-18(4-6-22(19)36-16)26(31)24-25(21-14-20(34-2)5-7-23(21)35-3)30(28(33)27(24)32)15-17-8-10-29-11-9-17/h4-11,13-14,16,25,31H,12,15H2,1-3H3/b26-24+. The van der Waals surface area contributed by atoms with Gasteiger partial charge in [-0.15, -0.1) is 0 Å². The molecule has 2 aromatic carbocycles. The minimum Gasteiger partial charge on any atom is -0.507 e. The van der Waals surface area contributed by atoms with Gasteiger partial charge in [-0.2, -0.15) is 0 Å². The molecule has 184 valence electrons. The van der Waals surface area contributed by atoms with Gasteiger partial charge in [-0.25, -0.2) is 0 Å². The Morgan fingerprint density at radius 2 is 1.86 bits per heavy atom. The number of aliphatic hydroxyl groups is 1. The molecular weight excluding hydrogens is 460 g/mol. The van der Waals surface area contributed by atoms with E-state index in [9.17, 15) is 14.7 Å². The smallest absolute Gasteiger partial charge is 0.295 e. The average molecular weight is 487 g/mol. The van der Waals surface area contributed by atoms with Crippen molar-refractivity contribution < 1.29 is 28.9 Å². The van der Waals surface area contributed by atoms with E-state index in [0.717, 1.165) is 16.9 Å². The van der Waals surface area contributed by atoms with E-state index < -0.39 is 17.7 Å². The summed E-state index contributed by atoms with van der Waals surface area (Å²) in [7, 11) is 3.05. The number of fused-ring (bicyclic) bond motifs is 1. The first kappa shape index (κ1) is 23.4. The highest BCUT2D eigenvalue weighted by Gasteiger charge is 2.47. The Bertz CT molecular complexity index is 1370. The molecule has 5 rings (SSSR count). The molecule has 0 spiro atoms. The van der Waals surface area contributed by atoms with E-state index >= 15 is 0 Å². The Morgan fingerprint density at radius 3 is 2.58 bits per heavy atom. The number of hydrogen-bond acceptors (Lipinski definition) is 7. The van der Waals surface area contributed by atoms with Gasteiger partial charge < -0.3 is 24.2 Å². The van der Waals surface area contributed by atoms with Crippen molar-refractivity contribution in [1.82, 2.24) is 9.88 Å². The fraction of sp³-hybridized carbons (Fsp3) is 0.250. The first-order valence-corrected chi connectivity index (χ1v) is 11.6. The summed E-state index contributed by atoms with van der Waals surface area (Å²) in [4.78, 5) is 32.2. The highest BCUT2D eigenvalue weighted by molar-refractivity contribution is 6.46. The van der Waals surface area contributed by atoms with E-state index in [4.69, 9.17) is 14.2 Å². The molecule has 0 bridgehead atoms. The highest BCUT2D eigenvalue weighted by Crippen LogP contribution is 2.45. The molecule has 8 heteroatoms. The number of amides is 1. The maximum atomic E-state index is 13.4. The molecule has 0 aliphatic carbocycles. The van der Waals surface area contributed by atoms with Gasteiger partial charge in [0.1, 0.15) is 29.1 Å². The number of likely N-dealkylation sites (tertiary alicyclic amines) is 1. The third-order valence-electron chi connectivity index (χ3n) is 6.54. The van der Waals surface area contributed by atoms with Gasteiger partial charge in [0.2, 0.25) is 0 Å². The van der Waals surface area contributed by atoms with Gasteiger partial charge in [0.25, 0.3) is 11.7 Å². The Morgan fingerprint density at radius 1 is 1.08 bits per heavy atom. The van der Waals surface area contributed by atoms with Crippen LogP contribution in [0.15, 0.2) is 66.5 Å². The summed E-state index contributed by atoms with van der Waals surface area (Å²) in [5.74, 6) is 0.0300. The average Bonchev–Trinajstić information content (AvgIpc) is 3.39. The third-order valence-corrected chi connectivity index (χ3v) is 6.54. The van der Waals surface area contributed by atoms with Crippen LogP contribution in [0.3, 0.4) is 0 Å². The van der Waals surface area contributed by atoms with Crippen molar-refractivity contribution in [3.05, 3.63) is 88.8 Å². The summed E-state index contributed by atoms with van der Waals surface area (Å²) in [5, 5.41) is 11.5. The molecule has 2 unspecified atom stereocenters. The quantitative estimate of drug-likeness (QED) is 0.319. The number of ketones is 1. The second-order valence-corrected chi connectivity index (χ2v) is 8.85. The molecule has 3 aromatic rings. The lowest BCUT2D eigenvalue weighted by molar-refractivity contribution is -0.140. The van der Waals surface area contributed by atoms with Crippen LogP contribution in [0.25, 0.3) is 5.76 Å². The predicted octanol–water partition coefficient (Wildman–Crippen LogP) is 4.04. The summed E-state index contributed by atoms with van der Waals surface area (Å²) in [5.41, 5.74) is 2.70. The van der Waals surface area contributed by atoms with Gasteiger partial charge >= 0.3 is 0 Å². The van der Waals surface area contributed by atoms with Gasteiger partial charge in [-0.05, 0) is 66.6 Å². The summed E-state index contributed by atoms with van der Waals surface area (Å²) in [6, 6.07) is 13.1. The van der Waals surface area contributed by atoms with Crippen molar-refractivity contribution in [2.45, 2.75) is 32.0 Å². The molecule has 0 saturated carbocycles. The number of benzene rings is 2. The highest BCUT2D eigenvalue weighted by atomic mass is 16.5. The zero-order chi connectivity index (χ0) is 25.4. The summed E-state index contributed by atoms with van der Waals surface area (Å²) in [6.45, 7) is 2.11. The van der Waals surface area contributed by atoms with E-state index in [2.05, 4.69) is 4.98 Å². The van der Waals surface area contributed by atoms with Crippen molar-refractivity contribution in [3.63, 3.8) is 0 Å². The Labute approximate surface area is 208 Å². The van der Waals surface area contributed by atoms with E-state index in [1.807, 2.05) is 13.0 Å². The number of rotatable bonds is 6. The molecular formula is C28H26N2O6. The van der Waals surface area contributed by atoms with Gasteiger partial charge in [0.05, 0.1) is 25.8 Å². The molecule has 1 aromatic heterocycles. The summed E-state index contributed by atoms with van der Waals surface area (Å²) < 4.78 is 16.8. The minimum atomic E-state index is -0.897. The number of Topliss-reactive ketones (excluding diaryl/α,β-unsaturated/α-hetero) is 1. The third kappa shape index (κ3) is 4.04. The number of aromatic nitrogens is 1. The molecule has 0 radical (unpaired) electrons. The van der Waals surface area contributed by atoms with Gasteiger partial charge in [-0.1, -0.05) is 0 Å². The first-order valence-electron chi connectivity index (χ1n) is 11.6. The van der Waals surface area contributed by atoms with Crippen LogP contribution >= 0.6 is 0 Å². The Kier molecular flexibility index (Phi) is 6.10. The number of nitrogens with zero attached hydrogens (tertiary/aromatic N) is 2. The fourth-order valence-electron chi connectivity index (χ4n) is 4.83. The minimum absolute atomic E-state index is 0.00692. The monoisotopic (exact) mass is 486 g/mol. The second kappa shape index (κ2) is 9.37. The number of pyridine rings is 1. The number of hydrogen-bond donors (Lipinski definition) is 1. The van der Waals surface area contributed by atoms with Crippen LogP contribution < -0.4 is 14.2 Å². The van der Waals surface area contributed by atoms with E-state index in [1.54, 1.807) is 54.9 Å². The molecule has 8 nitrogen and oxygen atoms in total. The largest absolute Gasteiger partial charge is 0.507 e. The number of aliphatic hydroxyl groups excluding tert-OH is 1. The lowest BCUT2D eigenvalue weighted by Crippen LogP contribution is -2.29. The molecule has 1 amide bonds. The van der Waals surface area contributed by atoms with E-state index in [0.29, 0.717) is 29.0 Å². The van der Waals surface area contributed by atoms with Crippen LogP contribution in [0, 0.1) is 0 Å². The lowest BCUT2D eigenvalue weighted by Gasteiger charge is -2.27. The van der Waals surface area contributed by atoms with Crippen LogP contribution in [0.5, 0.6) is 17.2 Å². The molecule has 2 aliphatic rings. The molecule has 3 heterocycles. The number of carbonyl (C=O) groups is 2. The second-order valence-electron chi connectivity index (χ2n) is 8.85. The number of ether oxygens (including phenoxy) is 3.